The van der Waals surface area contributed by atoms with Crippen LogP contribution < -0.4 is 26.6 Å². The number of sulfonamides is 1. The molecule has 1 N–H and O–H groups in total. The fraction of sp³-hybridized carbons (Fsp3) is 0.259. The van der Waals surface area contributed by atoms with Gasteiger partial charge in [0.25, 0.3) is 21.1 Å². The highest BCUT2D eigenvalue weighted by Gasteiger charge is 2.44. The maximum atomic E-state index is 14.9. The number of halogens is 5. The maximum Gasteiger partial charge on any atom is 0.493 e. The Balaban J connectivity index is 1.84. The molecule has 1 saturated carbocycles. The predicted molar refractivity (Wildman–Crippen MR) is 164 cm³/mol. The highest BCUT2D eigenvalue weighted by molar-refractivity contribution is 14.1. The highest BCUT2D eigenvalue weighted by Crippen LogP contribution is 2.34. The molecule has 0 aliphatic heterocycles. The number of alkyl halides is 3. The summed E-state index contributed by atoms with van der Waals surface area (Å²) in [6.45, 7) is 1.34. The SMILES string of the molecule is Cc1c(=O)n(C)c(Nc2ccc(I)cc2F)c2c(=O)n(C3CC3)c(=O)n(-c3cccc(N(OC(=O)C(F)(F)F)S(C)(=O)=O)c3)c12. The smallest absolute Gasteiger partial charge is 0.338 e. The average molecular weight is 763 g/mol. The van der Waals surface area contributed by atoms with Crippen LogP contribution in [0.5, 0.6) is 0 Å². The summed E-state index contributed by atoms with van der Waals surface area (Å²) in [4.78, 5) is 57.1. The monoisotopic (exact) mass is 763 g/mol. The number of benzene rings is 2. The second kappa shape index (κ2) is 11.3. The van der Waals surface area contributed by atoms with E-state index < -0.39 is 56.5 Å². The van der Waals surface area contributed by atoms with Gasteiger partial charge in [0.1, 0.15) is 17.0 Å². The summed E-state index contributed by atoms with van der Waals surface area (Å²) < 4.78 is 81.9. The lowest BCUT2D eigenvalue weighted by atomic mass is 10.1. The third-order valence-corrected chi connectivity index (χ3v) is 8.50. The first-order chi connectivity index (χ1) is 20.9. The Morgan fingerprint density at radius 3 is 2.33 bits per heavy atom. The summed E-state index contributed by atoms with van der Waals surface area (Å²) in [7, 11) is -3.32. The van der Waals surface area contributed by atoms with Gasteiger partial charge in [0.15, 0.2) is 0 Å². The molecule has 0 spiro atoms. The molecular formula is C27H22F4IN5O7S. The molecule has 0 unspecified atom stereocenters. The van der Waals surface area contributed by atoms with Gasteiger partial charge >= 0.3 is 17.8 Å². The Morgan fingerprint density at radius 1 is 1.09 bits per heavy atom. The van der Waals surface area contributed by atoms with Crippen molar-refractivity contribution in [2.45, 2.75) is 32.0 Å². The van der Waals surface area contributed by atoms with Crippen LogP contribution in [0.2, 0.25) is 0 Å². The molecule has 0 amide bonds. The van der Waals surface area contributed by atoms with Crippen molar-refractivity contribution in [2.75, 3.05) is 16.0 Å². The molecule has 1 aliphatic rings. The molecule has 18 heteroatoms. The number of hydrogen-bond acceptors (Lipinski definition) is 8. The predicted octanol–water partition coefficient (Wildman–Crippen LogP) is 3.77. The molecule has 0 atom stereocenters. The van der Waals surface area contributed by atoms with Crippen LogP contribution in [0.15, 0.2) is 56.8 Å². The Labute approximate surface area is 264 Å². The Hall–Kier alpha value is -4.20. The number of aryl methyl sites for hydroxylation is 1. The van der Waals surface area contributed by atoms with Crippen molar-refractivity contribution in [1.29, 1.82) is 0 Å². The van der Waals surface area contributed by atoms with Gasteiger partial charge in [-0.15, -0.1) is 0 Å². The Morgan fingerprint density at radius 2 is 1.76 bits per heavy atom. The second-order valence-electron chi connectivity index (χ2n) is 10.2. The van der Waals surface area contributed by atoms with E-state index >= 15 is 0 Å². The van der Waals surface area contributed by atoms with Crippen molar-refractivity contribution < 1.29 is 35.6 Å². The number of anilines is 3. The first-order valence-corrected chi connectivity index (χ1v) is 15.9. The zero-order chi connectivity index (χ0) is 33.2. The maximum absolute atomic E-state index is 14.9. The zero-order valence-electron chi connectivity index (χ0n) is 23.5. The third kappa shape index (κ3) is 5.95. The number of nitrogens with zero attached hydrogens (tertiary/aromatic N) is 4. The van der Waals surface area contributed by atoms with Crippen molar-refractivity contribution in [3.05, 3.63) is 88.6 Å². The minimum absolute atomic E-state index is 0.0806. The van der Waals surface area contributed by atoms with Gasteiger partial charge < -0.3 is 10.2 Å². The fourth-order valence-electron chi connectivity index (χ4n) is 4.76. The Bertz CT molecular complexity index is 2190. The lowest BCUT2D eigenvalue weighted by Crippen LogP contribution is -2.41. The highest BCUT2D eigenvalue weighted by atomic mass is 127. The van der Waals surface area contributed by atoms with Gasteiger partial charge in [-0.25, -0.2) is 22.4 Å². The molecular weight excluding hydrogens is 741 g/mol. The average Bonchev–Trinajstić information content (AvgIpc) is 3.78. The van der Waals surface area contributed by atoms with Crippen LogP contribution in [0.4, 0.5) is 34.8 Å². The van der Waals surface area contributed by atoms with Crippen LogP contribution in [0.3, 0.4) is 0 Å². The normalized spacial score (nSPS) is 13.6. The van der Waals surface area contributed by atoms with Gasteiger partial charge in [0, 0.05) is 22.2 Å². The summed E-state index contributed by atoms with van der Waals surface area (Å²) in [5.41, 5.74) is -3.56. The first kappa shape index (κ1) is 32.2. The number of fused-ring (bicyclic) bond motifs is 1. The minimum atomic E-state index is -5.54. The van der Waals surface area contributed by atoms with Crippen molar-refractivity contribution >= 4 is 66.7 Å². The van der Waals surface area contributed by atoms with E-state index in [1.807, 2.05) is 22.6 Å². The number of nitrogens with one attached hydrogen (secondary N) is 1. The van der Waals surface area contributed by atoms with Crippen LogP contribution in [0.1, 0.15) is 24.4 Å². The summed E-state index contributed by atoms with van der Waals surface area (Å²) in [5.74, 6) is -3.66. The van der Waals surface area contributed by atoms with Gasteiger partial charge in [0.05, 0.1) is 28.8 Å². The summed E-state index contributed by atoms with van der Waals surface area (Å²) in [5, 5.41) is 2.61. The van der Waals surface area contributed by atoms with Crippen molar-refractivity contribution in [1.82, 2.24) is 13.7 Å². The summed E-state index contributed by atoms with van der Waals surface area (Å²) in [6.07, 6.45) is -4.11. The van der Waals surface area contributed by atoms with Gasteiger partial charge in [-0.05, 0) is 78.8 Å². The molecule has 45 heavy (non-hydrogen) atoms. The summed E-state index contributed by atoms with van der Waals surface area (Å²) in [6, 6.07) is 8.09. The largest absolute Gasteiger partial charge is 0.493 e. The van der Waals surface area contributed by atoms with E-state index in [0.29, 0.717) is 22.7 Å². The molecule has 12 nitrogen and oxygen atoms in total. The molecule has 2 heterocycles. The topological polar surface area (TPSA) is 142 Å². The lowest BCUT2D eigenvalue weighted by Gasteiger charge is -2.23. The molecule has 1 aliphatic carbocycles. The van der Waals surface area contributed by atoms with Gasteiger partial charge in [0.2, 0.25) is 0 Å². The molecule has 2 aromatic carbocycles. The number of carbonyl (C=O) groups excluding carboxylic acids is 1. The molecule has 0 radical (unpaired) electrons. The van der Waals surface area contributed by atoms with E-state index in [2.05, 4.69) is 10.2 Å². The van der Waals surface area contributed by atoms with Crippen LogP contribution in [0.25, 0.3) is 16.6 Å². The quantitative estimate of drug-likeness (QED) is 0.171. The van der Waals surface area contributed by atoms with E-state index in [-0.39, 0.29) is 38.1 Å². The number of aromatic nitrogens is 3. The second-order valence-corrected chi connectivity index (χ2v) is 13.3. The van der Waals surface area contributed by atoms with Gasteiger partial charge in [-0.2, -0.15) is 13.2 Å². The van der Waals surface area contributed by atoms with Crippen molar-refractivity contribution in [3.8, 4) is 5.69 Å². The standard InChI is InChI=1S/C27H22F4IN5O7S/c1-13-21-20(22(34(2)23(13)38)33-19-10-7-14(32)11-18(19)28)24(39)36(15-8-9-15)26(41)35(21)16-5-4-6-17(12-16)37(45(3,42)43)44-25(40)27(29,30)31/h4-7,10-12,15,33H,8-9H2,1-3H3. The molecule has 4 aromatic rings. The van der Waals surface area contributed by atoms with E-state index in [1.54, 1.807) is 6.07 Å². The minimum Gasteiger partial charge on any atom is -0.338 e. The molecule has 0 saturated heterocycles. The van der Waals surface area contributed by atoms with Gasteiger partial charge in [-0.1, -0.05) is 10.5 Å². The van der Waals surface area contributed by atoms with E-state index in [0.717, 1.165) is 25.8 Å². The lowest BCUT2D eigenvalue weighted by molar-refractivity contribution is -0.199. The van der Waals surface area contributed by atoms with Crippen LogP contribution in [-0.2, 0) is 26.7 Å². The number of pyridine rings is 1. The van der Waals surface area contributed by atoms with Crippen LogP contribution in [-0.4, -0.2) is 40.5 Å². The van der Waals surface area contributed by atoms with Crippen molar-refractivity contribution in [2.24, 2.45) is 7.05 Å². The fourth-order valence-corrected chi connectivity index (χ4v) is 5.91. The Kier molecular flexibility index (Phi) is 8.09. The first-order valence-electron chi connectivity index (χ1n) is 12.9. The third-order valence-electron chi connectivity index (χ3n) is 6.94. The summed E-state index contributed by atoms with van der Waals surface area (Å²) >= 11 is 1.91. The van der Waals surface area contributed by atoms with E-state index in [9.17, 15) is 45.2 Å². The van der Waals surface area contributed by atoms with Gasteiger partial charge in [-0.3, -0.25) is 23.3 Å². The van der Waals surface area contributed by atoms with Crippen molar-refractivity contribution in [3.63, 3.8) is 0 Å². The number of rotatable bonds is 7. The zero-order valence-corrected chi connectivity index (χ0v) is 26.5. The number of hydrogen-bond donors (Lipinski definition) is 1. The molecule has 1 fully saturated rings. The van der Waals surface area contributed by atoms with E-state index in [4.69, 9.17) is 0 Å². The molecule has 238 valence electrons. The number of carbonyl (C=O) groups is 1. The van der Waals surface area contributed by atoms with Crippen LogP contribution >= 0.6 is 22.6 Å². The molecule has 0 bridgehead atoms. The van der Waals surface area contributed by atoms with Crippen LogP contribution in [0, 0.1) is 16.3 Å². The molecule has 5 rings (SSSR count). The van der Waals surface area contributed by atoms with E-state index in [1.165, 1.54) is 38.2 Å². The molecule has 2 aromatic heterocycles.